The Balaban J connectivity index is 1.44. The molecule has 9 nitrogen and oxygen atoms in total. The van der Waals surface area contributed by atoms with Crippen molar-refractivity contribution in [2.75, 3.05) is 39.0 Å². The summed E-state index contributed by atoms with van der Waals surface area (Å²) in [5.41, 5.74) is -0.0709. The number of amides is 2. The molecule has 2 amide bonds. The Morgan fingerprint density at radius 2 is 1.87 bits per heavy atom. The molecule has 0 saturated carbocycles. The smallest absolute Gasteiger partial charge is 0.416 e. The molecule has 2 heterocycles. The van der Waals surface area contributed by atoms with Crippen molar-refractivity contribution in [3.63, 3.8) is 0 Å². The van der Waals surface area contributed by atoms with E-state index in [0.29, 0.717) is 18.5 Å². The van der Waals surface area contributed by atoms with Gasteiger partial charge in [0.1, 0.15) is 17.1 Å². The molecule has 2 aromatic carbocycles. The molecular formula is C32H37F3N4O5S. The molecule has 0 aliphatic carbocycles. The molecule has 2 aliphatic rings. The molecule has 13 heteroatoms. The summed E-state index contributed by atoms with van der Waals surface area (Å²) < 4.78 is 74.1. The van der Waals surface area contributed by atoms with E-state index in [1.165, 1.54) is 15.3 Å². The van der Waals surface area contributed by atoms with Crippen molar-refractivity contribution in [1.29, 1.82) is 0 Å². The summed E-state index contributed by atoms with van der Waals surface area (Å²) in [6, 6.07) is 8.36. The van der Waals surface area contributed by atoms with Crippen molar-refractivity contribution in [2.24, 2.45) is 4.99 Å². The van der Waals surface area contributed by atoms with E-state index >= 15 is 0 Å². The van der Waals surface area contributed by atoms with Crippen molar-refractivity contribution < 1.29 is 35.9 Å². The predicted octanol–water partition coefficient (Wildman–Crippen LogP) is 4.51. The SMILES string of the molecule is C=CCCOc1cc(C2=NC3(CCN(S(=O)(=O)CCc4ccc(C(=O)N(C)CC=C)cc4C)CC3)C(=O)N2)cc(C(F)(F)F)c1. The van der Waals surface area contributed by atoms with Gasteiger partial charge < -0.3 is 15.0 Å². The van der Waals surface area contributed by atoms with Gasteiger partial charge in [0.25, 0.3) is 11.8 Å². The molecule has 0 radical (unpaired) electrons. The molecule has 45 heavy (non-hydrogen) atoms. The molecule has 1 spiro atoms. The van der Waals surface area contributed by atoms with Crippen LogP contribution in [0.2, 0.25) is 0 Å². The Kier molecular flexibility index (Phi) is 10.2. The summed E-state index contributed by atoms with van der Waals surface area (Å²) in [6.07, 6.45) is -0.596. The van der Waals surface area contributed by atoms with Crippen LogP contribution in [0.25, 0.3) is 0 Å². The van der Waals surface area contributed by atoms with Crippen LogP contribution in [0.5, 0.6) is 5.75 Å². The Bertz CT molecular complexity index is 1610. The van der Waals surface area contributed by atoms with E-state index in [1.807, 2.05) is 6.92 Å². The third kappa shape index (κ3) is 7.82. The number of alkyl halides is 3. The van der Waals surface area contributed by atoms with Crippen molar-refractivity contribution in [3.8, 4) is 5.75 Å². The van der Waals surface area contributed by atoms with E-state index in [2.05, 4.69) is 23.5 Å². The maximum atomic E-state index is 13.6. The molecule has 4 rings (SSSR count). The first kappa shape index (κ1) is 33.9. The number of ether oxygens (including phenoxy) is 1. The predicted molar refractivity (Wildman–Crippen MR) is 166 cm³/mol. The van der Waals surface area contributed by atoms with Gasteiger partial charge in [-0.15, -0.1) is 13.2 Å². The number of carbonyl (C=O) groups is 2. The number of sulfonamides is 1. The van der Waals surface area contributed by atoms with E-state index in [0.717, 1.165) is 23.3 Å². The summed E-state index contributed by atoms with van der Waals surface area (Å²) in [5.74, 6) is -0.831. The van der Waals surface area contributed by atoms with Gasteiger partial charge in [0.2, 0.25) is 10.0 Å². The lowest BCUT2D eigenvalue weighted by atomic mass is 9.89. The van der Waals surface area contributed by atoms with E-state index in [9.17, 15) is 31.2 Å². The average molecular weight is 647 g/mol. The quantitative estimate of drug-likeness (QED) is 0.270. The van der Waals surface area contributed by atoms with Crippen LogP contribution in [-0.4, -0.2) is 79.9 Å². The van der Waals surface area contributed by atoms with Gasteiger partial charge in [-0.25, -0.2) is 12.7 Å². The fraction of sp³-hybridized carbons (Fsp3) is 0.406. The second kappa shape index (κ2) is 13.6. The van der Waals surface area contributed by atoms with E-state index in [-0.39, 0.29) is 67.8 Å². The average Bonchev–Trinajstić information content (AvgIpc) is 3.31. The summed E-state index contributed by atoms with van der Waals surface area (Å²) in [5, 5.41) is 2.61. The van der Waals surface area contributed by atoms with Crippen LogP contribution in [0.4, 0.5) is 13.2 Å². The third-order valence-electron chi connectivity index (χ3n) is 7.99. The van der Waals surface area contributed by atoms with Crippen LogP contribution in [-0.2, 0) is 27.4 Å². The van der Waals surface area contributed by atoms with Crippen molar-refractivity contribution in [1.82, 2.24) is 14.5 Å². The molecule has 0 bridgehead atoms. The summed E-state index contributed by atoms with van der Waals surface area (Å²) in [6.45, 7) is 9.64. The number of rotatable bonds is 12. The van der Waals surface area contributed by atoms with E-state index < -0.39 is 33.2 Å². The van der Waals surface area contributed by atoms with Crippen molar-refractivity contribution in [2.45, 2.75) is 44.3 Å². The zero-order valence-corrected chi connectivity index (χ0v) is 26.1. The number of hydrogen-bond acceptors (Lipinski definition) is 6. The first-order valence-corrected chi connectivity index (χ1v) is 16.1. The number of likely N-dealkylation sites (N-methyl/N-ethyl adjacent to an activating group) is 1. The molecule has 0 unspecified atom stereocenters. The number of hydrogen-bond donors (Lipinski definition) is 1. The first-order chi connectivity index (χ1) is 21.2. The van der Waals surface area contributed by atoms with Gasteiger partial charge in [-0.05, 0) is 74.1 Å². The van der Waals surface area contributed by atoms with Gasteiger partial charge in [-0.1, -0.05) is 18.2 Å². The Morgan fingerprint density at radius 3 is 2.49 bits per heavy atom. The number of carbonyl (C=O) groups excluding carboxylic acids is 2. The third-order valence-corrected chi connectivity index (χ3v) is 9.86. The number of benzene rings is 2. The number of amidine groups is 1. The standard InChI is InChI=1S/C32H37F3N4O5S/c1-5-7-16-44-27-20-25(19-26(21-27)32(33,34)35)28-36-30(41)31(37-28)11-14-39(15-12-31)45(42,43)17-10-23-8-9-24(18-22(23)3)29(40)38(4)13-6-2/h5-6,8-9,18-21H,1-2,7,10-17H2,3-4H3,(H,36,37,41). The zero-order chi connectivity index (χ0) is 33.0. The minimum absolute atomic E-state index is 0.0101. The maximum Gasteiger partial charge on any atom is 0.416 e. The maximum absolute atomic E-state index is 13.6. The Labute approximate surface area is 261 Å². The molecule has 1 fully saturated rings. The number of nitrogens with one attached hydrogen (secondary N) is 1. The van der Waals surface area contributed by atoms with Crippen LogP contribution in [0.3, 0.4) is 0 Å². The highest BCUT2D eigenvalue weighted by atomic mass is 32.2. The molecular weight excluding hydrogens is 609 g/mol. The molecule has 1 saturated heterocycles. The second-order valence-electron chi connectivity index (χ2n) is 11.2. The molecule has 0 aromatic heterocycles. The monoisotopic (exact) mass is 646 g/mol. The zero-order valence-electron chi connectivity index (χ0n) is 25.3. The van der Waals surface area contributed by atoms with Crippen LogP contribution in [0.1, 0.15) is 51.9 Å². The van der Waals surface area contributed by atoms with Gasteiger partial charge in [0.05, 0.1) is 17.9 Å². The minimum atomic E-state index is -4.65. The Morgan fingerprint density at radius 1 is 1.16 bits per heavy atom. The number of aliphatic imine (C=N–C) groups is 1. The van der Waals surface area contributed by atoms with Gasteiger partial charge >= 0.3 is 6.18 Å². The second-order valence-corrected chi connectivity index (χ2v) is 13.3. The van der Waals surface area contributed by atoms with Gasteiger partial charge in [-0.2, -0.15) is 13.2 Å². The van der Waals surface area contributed by atoms with Gasteiger partial charge in [-0.3, -0.25) is 14.6 Å². The summed E-state index contributed by atoms with van der Waals surface area (Å²) in [7, 11) is -2.02. The number of nitrogens with zero attached hydrogens (tertiary/aromatic N) is 3. The van der Waals surface area contributed by atoms with Crippen LogP contribution in [0.15, 0.2) is 66.7 Å². The van der Waals surface area contributed by atoms with E-state index in [1.54, 1.807) is 37.4 Å². The van der Waals surface area contributed by atoms with Crippen molar-refractivity contribution >= 4 is 27.7 Å². The van der Waals surface area contributed by atoms with Gasteiger partial charge in [0.15, 0.2) is 0 Å². The largest absolute Gasteiger partial charge is 0.493 e. The van der Waals surface area contributed by atoms with Gasteiger partial charge in [0, 0.05) is 37.8 Å². The highest BCUT2D eigenvalue weighted by Gasteiger charge is 2.47. The lowest BCUT2D eigenvalue weighted by Crippen LogP contribution is -2.50. The molecule has 2 aliphatic heterocycles. The minimum Gasteiger partial charge on any atom is -0.493 e. The number of aryl methyl sites for hydroxylation is 2. The summed E-state index contributed by atoms with van der Waals surface area (Å²) in [4.78, 5) is 31.7. The fourth-order valence-corrected chi connectivity index (χ4v) is 6.82. The highest BCUT2D eigenvalue weighted by Crippen LogP contribution is 2.36. The normalized spacial score (nSPS) is 16.6. The fourth-order valence-electron chi connectivity index (χ4n) is 5.34. The van der Waals surface area contributed by atoms with Crippen LogP contribution in [0, 0.1) is 6.92 Å². The molecule has 2 aromatic rings. The van der Waals surface area contributed by atoms with E-state index in [4.69, 9.17) is 4.74 Å². The number of halogens is 3. The lowest BCUT2D eigenvalue weighted by Gasteiger charge is -2.34. The first-order valence-electron chi connectivity index (χ1n) is 14.5. The summed E-state index contributed by atoms with van der Waals surface area (Å²) >= 11 is 0. The van der Waals surface area contributed by atoms with Crippen molar-refractivity contribution in [3.05, 3.63) is 89.5 Å². The number of piperidine rings is 1. The molecule has 1 N–H and O–H groups in total. The highest BCUT2D eigenvalue weighted by molar-refractivity contribution is 7.89. The van der Waals surface area contributed by atoms with Crippen LogP contribution < -0.4 is 10.1 Å². The van der Waals surface area contributed by atoms with Crippen LogP contribution >= 0.6 is 0 Å². The Hall–Kier alpha value is -3.97. The molecule has 0 atom stereocenters. The lowest BCUT2D eigenvalue weighted by molar-refractivity contribution is -0.137. The topological polar surface area (TPSA) is 108 Å². The molecule has 242 valence electrons.